The number of unbranched alkanes of at least 4 members (excludes halogenated alkanes) is 3. The summed E-state index contributed by atoms with van der Waals surface area (Å²) in [7, 11) is 0. The average molecular weight is 218 g/mol. The second-order valence-electron chi connectivity index (χ2n) is 3.41. The van der Waals surface area contributed by atoms with Gasteiger partial charge in [-0.2, -0.15) is 0 Å². The van der Waals surface area contributed by atoms with E-state index in [1.165, 1.54) is 0 Å². The zero-order valence-corrected chi connectivity index (χ0v) is 9.21. The van der Waals surface area contributed by atoms with Crippen LogP contribution in [-0.2, 0) is 9.53 Å². The lowest BCUT2D eigenvalue weighted by Crippen LogP contribution is -2.24. The fraction of sp³-hybridized carbons (Fsp3) is 0.900. The van der Waals surface area contributed by atoms with Crippen LogP contribution in [0.3, 0.4) is 0 Å². The number of aliphatic hydroxyl groups excluding tert-OH is 1. The smallest absolute Gasteiger partial charge is 0.243 e. The van der Waals surface area contributed by atoms with E-state index in [0.717, 1.165) is 38.8 Å². The molecule has 0 fully saturated rings. The van der Waals surface area contributed by atoms with Crippen molar-refractivity contribution in [2.75, 3.05) is 32.9 Å². The Morgan fingerprint density at radius 3 is 2.60 bits per heavy atom. The number of ether oxygens (including phenoxy) is 1. The molecule has 0 aliphatic heterocycles. The van der Waals surface area contributed by atoms with Gasteiger partial charge < -0.3 is 20.9 Å². The molecule has 0 heterocycles. The molecule has 0 unspecified atom stereocenters. The molecule has 1 amide bonds. The zero-order chi connectivity index (χ0) is 11.4. The molecule has 0 aromatic rings. The summed E-state index contributed by atoms with van der Waals surface area (Å²) in [6.45, 7) is 2.49. The van der Waals surface area contributed by atoms with Crippen LogP contribution in [0, 0.1) is 0 Å². The van der Waals surface area contributed by atoms with E-state index in [1.54, 1.807) is 0 Å². The molecule has 0 saturated heterocycles. The van der Waals surface area contributed by atoms with Crippen LogP contribution in [0.2, 0.25) is 0 Å². The van der Waals surface area contributed by atoms with Crippen LogP contribution in [0.15, 0.2) is 0 Å². The number of aliphatic hydroxyl groups is 1. The van der Waals surface area contributed by atoms with Gasteiger partial charge >= 0.3 is 0 Å². The van der Waals surface area contributed by atoms with Gasteiger partial charge in [-0.3, -0.25) is 4.79 Å². The summed E-state index contributed by atoms with van der Waals surface area (Å²) < 4.78 is 4.97. The maximum Gasteiger partial charge on any atom is 0.243 e. The molecule has 0 spiro atoms. The molecule has 90 valence electrons. The normalized spacial score (nSPS) is 10.5. The number of nitrogens with two attached hydrogens (primary N) is 1. The molecule has 0 aromatic carbocycles. The maximum atomic E-state index is 10.3. The summed E-state index contributed by atoms with van der Waals surface area (Å²) in [4.78, 5) is 10.3. The first-order valence-corrected chi connectivity index (χ1v) is 5.45. The van der Waals surface area contributed by atoms with Crippen LogP contribution in [0.4, 0.5) is 0 Å². The third-order valence-electron chi connectivity index (χ3n) is 1.93. The molecule has 5 heteroatoms. The van der Waals surface area contributed by atoms with Crippen molar-refractivity contribution >= 4 is 5.91 Å². The van der Waals surface area contributed by atoms with Crippen molar-refractivity contribution < 1.29 is 14.6 Å². The third-order valence-corrected chi connectivity index (χ3v) is 1.93. The molecule has 0 aliphatic carbocycles. The van der Waals surface area contributed by atoms with E-state index in [2.05, 4.69) is 5.32 Å². The van der Waals surface area contributed by atoms with Crippen LogP contribution in [0.5, 0.6) is 0 Å². The van der Waals surface area contributed by atoms with Gasteiger partial charge in [-0.25, -0.2) is 0 Å². The lowest BCUT2D eigenvalue weighted by molar-refractivity contribution is -0.122. The molecule has 15 heavy (non-hydrogen) atoms. The van der Waals surface area contributed by atoms with Gasteiger partial charge in [0.05, 0.1) is 6.61 Å². The Labute approximate surface area is 91.0 Å². The van der Waals surface area contributed by atoms with E-state index in [0.29, 0.717) is 6.61 Å². The van der Waals surface area contributed by atoms with E-state index < -0.39 is 5.91 Å². The molecule has 0 saturated carbocycles. The molecular weight excluding hydrogens is 196 g/mol. The predicted molar refractivity (Wildman–Crippen MR) is 58.4 cm³/mol. The molecule has 5 nitrogen and oxygen atoms in total. The van der Waals surface area contributed by atoms with Gasteiger partial charge in [0.2, 0.25) is 5.91 Å². The van der Waals surface area contributed by atoms with E-state index in [1.807, 2.05) is 0 Å². The lowest BCUT2D eigenvalue weighted by Gasteiger charge is -2.04. The first-order valence-electron chi connectivity index (χ1n) is 5.45. The minimum absolute atomic E-state index is 0.00181. The largest absolute Gasteiger partial charge is 0.396 e. The van der Waals surface area contributed by atoms with Gasteiger partial charge in [-0.15, -0.1) is 0 Å². The molecular formula is C10H22N2O3. The summed E-state index contributed by atoms with van der Waals surface area (Å²) in [5, 5.41) is 11.7. The zero-order valence-electron chi connectivity index (χ0n) is 9.21. The number of amides is 1. The van der Waals surface area contributed by atoms with Gasteiger partial charge in [0.15, 0.2) is 0 Å². The number of carbonyl (C=O) groups excluding carboxylic acids is 1. The second-order valence-corrected chi connectivity index (χ2v) is 3.41. The van der Waals surface area contributed by atoms with E-state index in [4.69, 9.17) is 15.6 Å². The van der Waals surface area contributed by atoms with Crippen molar-refractivity contribution in [3.05, 3.63) is 0 Å². The van der Waals surface area contributed by atoms with Crippen LogP contribution in [0.25, 0.3) is 0 Å². The summed E-state index contributed by atoms with van der Waals surface area (Å²) in [5.74, 6) is -0.431. The highest BCUT2D eigenvalue weighted by molar-refractivity contribution is 5.74. The van der Waals surface area contributed by atoms with Gasteiger partial charge in [-0.1, -0.05) is 12.8 Å². The number of rotatable bonds is 11. The molecule has 0 atom stereocenters. The molecule has 0 aliphatic rings. The maximum absolute atomic E-state index is 10.3. The molecule has 4 N–H and O–H groups in total. The first-order chi connectivity index (χ1) is 7.27. The number of hydrogen-bond donors (Lipinski definition) is 3. The van der Waals surface area contributed by atoms with E-state index in [-0.39, 0.29) is 13.2 Å². The Kier molecular flexibility index (Phi) is 10.9. The van der Waals surface area contributed by atoms with Crippen molar-refractivity contribution in [2.45, 2.75) is 25.7 Å². The topological polar surface area (TPSA) is 84.6 Å². The van der Waals surface area contributed by atoms with Gasteiger partial charge in [-0.05, 0) is 19.4 Å². The summed E-state index contributed by atoms with van der Waals surface area (Å²) in [6.07, 6.45) is 4.21. The number of carbonyl (C=O) groups is 1. The molecule has 0 bridgehead atoms. The Morgan fingerprint density at radius 1 is 1.20 bits per heavy atom. The Bertz CT molecular complexity index is 154. The van der Waals surface area contributed by atoms with Crippen molar-refractivity contribution in [2.24, 2.45) is 5.73 Å². The predicted octanol–water partition coefficient (Wildman–Crippen LogP) is -0.369. The number of hydrogen-bond acceptors (Lipinski definition) is 4. The minimum Gasteiger partial charge on any atom is -0.396 e. The van der Waals surface area contributed by atoms with Crippen molar-refractivity contribution in [3.8, 4) is 0 Å². The van der Waals surface area contributed by atoms with Crippen LogP contribution >= 0.6 is 0 Å². The van der Waals surface area contributed by atoms with Gasteiger partial charge in [0, 0.05) is 13.2 Å². The van der Waals surface area contributed by atoms with Crippen molar-refractivity contribution in [1.82, 2.24) is 5.32 Å². The van der Waals surface area contributed by atoms with Crippen molar-refractivity contribution in [1.29, 1.82) is 0 Å². The van der Waals surface area contributed by atoms with Gasteiger partial charge in [0.25, 0.3) is 0 Å². The monoisotopic (exact) mass is 218 g/mol. The quantitative estimate of drug-likeness (QED) is 0.413. The van der Waals surface area contributed by atoms with Crippen molar-refractivity contribution in [3.63, 3.8) is 0 Å². The van der Waals surface area contributed by atoms with Gasteiger partial charge in [0.1, 0.15) is 6.61 Å². The van der Waals surface area contributed by atoms with Crippen LogP contribution in [-0.4, -0.2) is 43.9 Å². The number of nitrogens with one attached hydrogen (secondary N) is 1. The van der Waals surface area contributed by atoms with E-state index >= 15 is 0 Å². The van der Waals surface area contributed by atoms with E-state index in [9.17, 15) is 4.79 Å². The molecule has 0 radical (unpaired) electrons. The average Bonchev–Trinajstić information content (AvgIpc) is 2.20. The number of primary amides is 1. The second kappa shape index (κ2) is 11.4. The standard InChI is InChI=1S/C10H22N2O3/c11-10(14)9-15-8-6-12-5-3-1-2-4-7-13/h12-13H,1-9H2,(H2,11,14). The highest BCUT2D eigenvalue weighted by atomic mass is 16.5. The first kappa shape index (κ1) is 14.3. The van der Waals surface area contributed by atoms with Crippen LogP contribution < -0.4 is 11.1 Å². The highest BCUT2D eigenvalue weighted by Gasteiger charge is 1.93. The summed E-state index contributed by atoms with van der Waals surface area (Å²) in [5.41, 5.74) is 4.90. The lowest BCUT2D eigenvalue weighted by atomic mass is 10.2. The minimum atomic E-state index is -0.431. The SMILES string of the molecule is NC(=O)COCCNCCCCCCO. The fourth-order valence-corrected chi connectivity index (χ4v) is 1.16. The summed E-state index contributed by atoms with van der Waals surface area (Å²) >= 11 is 0. The Hall–Kier alpha value is -0.650. The fourth-order valence-electron chi connectivity index (χ4n) is 1.16. The summed E-state index contributed by atoms with van der Waals surface area (Å²) in [6, 6.07) is 0. The highest BCUT2D eigenvalue weighted by Crippen LogP contribution is 1.97. The molecule has 0 rings (SSSR count). The molecule has 0 aromatic heterocycles. The van der Waals surface area contributed by atoms with Crippen LogP contribution in [0.1, 0.15) is 25.7 Å². The Morgan fingerprint density at radius 2 is 1.93 bits per heavy atom. The third kappa shape index (κ3) is 13.3. The Balaban J connectivity index is 2.89.